The average molecular weight is 475 g/mol. The molecule has 2 aliphatic rings. The third-order valence-electron chi connectivity index (χ3n) is 6.51. The fourth-order valence-electron chi connectivity index (χ4n) is 4.61. The fourth-order valence-corrected chi connectivity index (χ4v) is 4.74. The van der Waals surface area contributed by atoms with Gasteiger partial charge in [0.15, 0.2) is 0 Å². The third-order valence-corrected chi connectivity index (χ3v) is 6.76. The summed E-state index contributed by atoms with van der Waals surface area (Å²) in [6, 6.07) is 12.8. The second-order valence-corrected chi connectivity index (χ2v) is 9.69. The van der Waals surface area contributed by atoms with Gasteiger partial charge in [-0.25, -0.2) is 0 Å². The number of halogens is 1. The Morgan fingerprint density at radius 2 is 1.88 bits per heavy atom. The number of aliphatic carboxylic acids is 1. The Morgan fingerprint density at radius 3 is 2.58 bits per heavy atom. The van der Waals surface area contributed by atoms with Crippen molar-refractivity contribution in [2.75, 3.05) is 13.2 Å². The SMILES string of the molecule is CCCCOc1ccc2c(c1)[C@H]1O[C@@H](COc3ccc(Cl)cc3)[C@H](C(=O)O)C[C@@H]1C(C)(C)O2. The normalized spacial score (nSPS) is 25.3. The molecule has 0 unspecified atom stereocenters. The zero-order valence-corrected chi connectivity index (χ0v) is 20.0. The number of carboxylic acid groups (broad SMARTS) is 1. The first-order valence-electron chi connectivity index (χ1n) is 11.5. The van der Waals surface area contributed by atoms with Gasteiger partial charge < -0.3 is 24.1 Å². The summed E-state index contributed by atoms with van der Waals surface area (Å²) in [5, 5.41) is 10.6. The van der Waals surface area contributed by atoms with E-state index in [0.717, 1.165) is 29.9 Å². The minimum absolute atomic E-state index is 0.122. The highest BCUT2D eigenvalue weighted by Gasteiger charge is 2.52. The van der Waals surface area contributed by atoms with Crippen LogP contribution in [0.4, 0.5) is 0 Å². The van der Waals surface area contributed by atoms with Gasteiger partial charge in [-0.15, -0.1) is 0 Å². The van der Waals surface area contributed by atoms with Crippen molar-refractivity contribution in [1.82, 2.24) is 0 Å². The summed E-state index contributed by atoms with van der Waals surface area (Å²) in [4.78, 5) is 12.1. The number of benzene rings is 2. The molecule has 1 N–H and O–H groups in total. The minimum Gasteiger partial charge on any atom is -0.494 e. The van der Waals surface area contributed by atoms with Crippen LogP contribution in [0.2, 0.25) is 5.02 Å². The van der Waals surface area contributed by atoms with E-state index < -0.39 is 23.6 Å². The average Bonchev–Trinajstić information content (AvgIpc) is 2.78. The number of rotatable bonds is 8. The lowest BCUT2D eigenvalue weighted by Crippen LogP contribution is -2.53. The van der Waals surface area contributed by atoms with Gasteiger partial charge in [0.2, 0.25) is 0 Å². The van der Waals surface area contributed by atoms with Crippen LogP contribution in [0.15, 0.2) is 42.5 Å². The summed E-state index contributed by atoms with van der Waals surface area (Å²) in [6.45, 7) is 6.89. The molecule has 4 atom stereocenters. The van der Waals surface area contributed by atoms with E-state index in [2.05, 4.69) is 6.92 Å². The Morgan fingerprint density at radius 1 is 1.15 bits per heavy atom. The first-order chi connectivity index (χ1) is 15.8. The highest BCUT2D eigenvalue weighted by atomic mass is 35.5. The van der Waals surface area contributed by atoms with Crippen molar-refractivity contribution >= 4 is 17.6 Å². The van der Waals surface area contributed by atoms with Gasteiger partial charge in [-0.05, 0) is 69.2 Å². The van der Waals surface area contributed by atoms with Crippen LogP contribution < -0.4 is 14.2 Å². The van der Waals surface area contributed by atoms with E-state index in [-0.39, 0.29) is 18.6 Å². The molecule has 6 nitrogen and oxygen atoms in total. The van der Waals surface area contributed by atoms with E-state index in [0.29, 0.717) is 23.8 Å². The van der Waals surface area contributed by atoms with Crippen molar-refractivity contribution in [3.8, 4) is 17.2 Å². The topological polar surface area (TPSA) is 74.2 Å². The van der Waals surface area contributed by atoms with Gasteiger partial charge in [0, 0.05) is 16.5 Å². The van der Waals surface area contributed by atoms with Crippen LogP contribution in [-0.2, 0) is 9.53 Å². The van der Waals surface area contributed by atoms with Crippen molar-refractivity contribution in [2.24, 2.45) is 11.8 Å². The van der Waals surface area contributed by atoms with Gasteiger partial charge in [-0.1, -0.05) is 24.9 Å². The molecular formula is C26H31ClO6. The molecule has 33 heavy (non-hydrogen) atoms. The molecule has 2 heterocycles. The number of unbranched alkanes of at least 4 members (excludes halogenated alkanes) is 1. The number of hydrogen-bond donors (Lipinski definition) is 1. The lowest BCUT2D eigenvalue weighted by molar-refractivity contribution is -0.192. The lowest BCUT2D eigenvalue weighted by atomic mass is 9.72. The number of ether oxygens (including phenoxy) is 4. The molecule has 0 aliphatic carbocycles. The number of carboxylic acids is 1. The van der Waals surface area contributed by atoms with E-state index in [1.807, 2.05) is 32.0 Å². The quantitative estimate of drug-likeness (QED) is 0.479. The van der Waals surface area contributed by atoms with Crippen molar-refractivity contribution < 1.29 is 28.8 Å². The molecule has 0 bridgehead atoms. The standard InChI is InChI=1S/C26H31ClO6/c1-4-5-12-30-18-10-11-22-19(13-18)24-21(26(2,3)33-22)14-20(25(28)29)23(32-24)15-31-17-8-6-16(27)7-9-17/h6-11,13,20-21,23-24H,4-5,12,14-15H2,1-3H3,(H,28,29)/t20-,21+,23+,24-/m1/s1. The van der Waals surface area contributed by atoms with E-state index in [4.69, 9.17) is 30.5 Å². The maximum atomic E-state index is 12.1. The molecule has 0 aromatic heterocycles. The molecule has 2 aromatic carbocycles. The molecule has 2 aromatic rings. The number of carbonyl (C=O) groups is 1. The highest BCUT2D eigenvalue weighted by molar-refractivity contribution is 6.30. The summed E-state index contributed by atoms with van der Waals surface area (Å²) in [6.07, 6.45) is 1.55. The van der Waals surface area contributed by atoms with Crippen molar-refractivity contribution in [2.45, 2.75) is 57.8 Å². The summed E-state index contributed by atoms with van der Waals surface area (Å²) in [5.74, 6) is 0.415. The predicted molar refractivity (Wildman–Crippen MR) is 125 cm³/mol. The van der Waals surface area contributed by atoms with Gasteiger partial charge in [0.25, 0.3) is 0 Å². The Bertz CT molecular complexity index is 973. The third kappa shape index (κ3) is 5.22. The molecule has 0 saturated carbocycles. The zero-order chi connectivity index (χ0) is 23.6. The van der Waals surface area contributed by atoms with Crippen molar-refractivity contribution in [3.63, 3.8) is 0 Å². The smallest absolute Gasteiger partial charge is 0.309 e. The van der Waals surface area contributed by atoms with Crippen molar-refractivity contribution in [3.05, 3.63) is 53.1 Å². The van der Waals surface area contributed by atoms with Crippen LogP contribution in [0, 0.1) is 11.8 Å². The van der Waals surface area contributed by atoms with Crippen LogP contribution in [-0.4, -0.2) is 36.0 Å². The summed E-state index contributed by atoms with van der Waals surface area (Å²) in [7, 11) is 0. The van der Waals surface area contributed by atoms with Crippen LogP contribution in [0.3, 0.4) is 0 Å². The Balaban J connectivity index is 1.59. The monoisotopic (exact) mass is 474 g/mol. The van der Waals surface area contributed by atoms with Gasteiger partial charge in [-0.2, -0.15) is 0 Å². The van der Waals surface area contributed by atoms with E-state index in [1.54, 1.807) is 24.3 Å². The largest absolute Gasteiger partial charge is 0.494 e. The lowest BCUT2D eigenvalue weighted by Gasteiger charge is -2.50. The van der Waals surface area contributed by atoms with Crippen molar-refractivity contribution in [1.29, 1.82) is 0 Å². The summed E-state index contributed by atoms with van der Waals surface area (Å²) in [5.41, 5.74) is 0.325. The molecular weight excluding hydrogens is 444 g/mol. The Labute approximate surface area is 199 Å². The minimum atomic E-state index is -0.892. The maximum Gasteiger partial charge on any atom is 0.309 e. The predicted octanol–water partition coefficient (Wildman–Crippen LogP) is 5.92. The van der Waals surface area contributed by atoms with E-state index in [9.17, 15) is 9.90 Å². The molecule has 7 heteroatoms. The molecule has 0 spiro atoms. The summed E-state index contributed by atoms with van der Waals surface area (Å²) >= 11 is 5.95. The maximum absolute atomic E-state index is 12.1. The fraction of sp³-hybridized carbons (Fsp3) is 0.500. The van der Waals surface area contributed by atoms with Crippen LogP contribution in [0.25, 0.3) is 0 Å². The summed E-state index contributed by atoms with van der Waals surface area (Å²) < 4.78 is 24.6. The van der Waals surface area contributed by atoms with Crippen LogP contribution in [0.1, 0.15) is 51.7 Å². The molecule has 1 saturated heterocycles. The first-order valence-corrected chi connectivity index (χ1v) is 11.9. The Kier molecular flexibility index (Phi) is 7.05. The first kappa shape index (κ1) is 23.7. The molecule has 178 valence electrons. The van der Waals surface area contributed by atoms with Crippen LogP contribution >= 0.6 is 11.6 Å². The van der Waals surface area contributed by atoms with E-state index >= 15 is 0 Å². The molecule has 0 radical (unpaired) electrons. The van der Waals surface area contributed by atoms with Crippen LogP contribution in [0.5, 0.6) is 17.2 Å². The number of fused-ring (bicyclic) bond motifs is 3. The van der Waals surface area contributed by atoms with Gasteiger partial charge in [0.1, 0.15) is 35.6 Å². The highest BCUT2D eigenvalue weighted by Crippen LogP contribution is 2.52. The van der Waals surface area contributed by atoms with Gasteiger partial charge in [0.05, 0.1) is 18.6 Å². The zero-order valence-electron chi connectivity index (χ0n) is 19.3. The number of hydrogen-bond acceptors (Lipinski definition) is 5. The second-order valence-electron chi connectivity index (χ2n) is 9.25. The van der Waals surface area contributed by atoms with E-state index in [1.165, 1.54) is 0 Å². The molecule has 1 fully saturated rings. The van der Waals surface area contributed by atoms with Gasteiger partial charge in [-0.3, -0.25) is 4.79 Å². The Hall–Kier alpha value is -2.44. The molecule has 0 amide bonds. The van der Waals surface area contributed by atoms with Gasteiger partial charge >= 0.3 is 5.97 Å². The molecule has 4 rings (SSSR count). The second kappa shape index (κ2) is 9.82. The molecule has 2 aliphatic heterocycles.